The number of carbonyl (C=O) groups is 1. The van der Waals surface area contributed by atoms with Crippen LogP contribution in [0.1, 0.15) is 52.2 Å². The van der Waals surface area contributed by atoms with Crippen molar-refractivity contribution in [2.24, 2.45) is 0 Å². The fourth-order valence-corrected chi connectivity index (χ4v) is 4.06. The number of anilines is 2. The number of rotatable bonds is 10. The molecule has 4 heteroatoms. The van der Waals surface area contributed by atoms with Crippen LogP contribution in [-0.4, -0.2) is 37.3 Å². The van der Waals surface area contributed by atoms with Gasteiger partial charge in [0.15, 0.2) is 0 Å². The Balaban J connectivity index is 2.49. The van der Waals surface area contributed by atoms with E-state index in [0.717, 1.165) is 48.7 Å². The van der Waals surface area contributed by atoms with Crippen molar-refractivity contribution in [2.45, 2.75) is 46.5 Å². The van der Waals surface area contributed by atoms with Crippen LogP contribution in [0.3, 0.4) is 0 Å². The predicted molar refractivity (Wildman–Crippen MR) is 119 cm³/mol. The van der Waals surface area contributed by atoms with Gasteiger partial charge < -0.3 is 14.9 Å². The SMILES string of the molecule is CCN(CC)c1ccc(C(CC)(C(=O)O)c2ccc(N(CC)CC)cc2)cc1. The average molecular weight is 383 g/mol. The van der Waals surface area contributed by atoms with Gasteiger partial charge in [0.1, 0.15) is 5.41 Å². The van der Waals surface area contributed by atoms with E-state index < -0.39 is 11.4 Å². The van der Waals surface area contributed by atoms with E-state index in [9.17, 15) is 9.90 Å². The zero-order valence-corrected chi connectivity index (χ0v) is 17.9. The lowest BCUT2D eigenvalue weighted by molar-refractivity contribution is -0.142. The molecule has 0 saturated heterocycles. The van der Waals surface area contributed by atoms with E-state index in [1.165, 1.54) is 0 Å². The van der Waals surface area contributed by atoms with Crippen LogP contribution < -0.4 is 9.80 Å². The largest absolute Gasteiger partial charge is 0.480 e. The summed E-state index contributed by atoms with van der Waals surface area (Å²) in [5.41, 5.74) is 2.87. The highest BCUT2D eigenvalue weighted by atomic mass is 16.4. The molecule has 0 heterocycles. The summed E-state index contributed by atoms with van der Waals surface area (Å²) < 4.78 is 0. The van der Waals surface area contributed by atoms with E-state index in [-0.39, 0.29) is 0 Å². The average Bonchev–Trinajstić information content (AvgIpc) is 2.72. The summed E-state index contributed by atoms with van der Waals surface area (Å²) in [4.78, 5) is 17.0. The number of hydrogen-bond donors (Lipinski definition) is 1. The highest BCUT2D eigenvalue weighted by Crippen LogP contribution is 2.37. The first kappa shape index (κ1) is 21.8. The fourth-order valence-electron chi connectivity index (χ4n) is 4.06. The first-order chi connectivity index (χ1) is 13.5. The van der Waals surface area contributed by atoms with Crippen molar-refractivity contribution in [2.75, 3.05) is 36.0 Å². The molecule has 1 N–H and O–H groups in total. The van der Waals surface area contributed by atoms with E-state index in [1.54, 1.807) is 0 Å². The molecule has 0 saturated carbocycles. The molecule has 2 aromatic carbocycles. The number of aliphatic carboxylic acids is 1. The Labute approximate surface area is 169 Å². The van der Waals surface area contributed by atoms with Gasteiger partial charge in [0.05, 0.1) is 0 Å². The highest BCUT2D eigenvalue weighted by molar-refractivity contribution is 5.86. The summed E-state index contributed by atoms with van der Waals surface area (Å²) in [5, 5.41) is 10.3. The zero-order chi connectivity index (χ0) is 20.7. The Hall–Kier alpha value is -2.49. The van der Waals surface area contributed by atoms with Gasteiger partial charge in [-0.15, -0.1) is 0 Å². The molecule has 152 valence electrons. The van der Waals surface area contributed by atoms with Crippen molar-refractivity contribution in [1.82, 2.24) is 0 Å². The molecule has 0 spiro atoms. The number of nitrogens with zero attached hydrogens (tertiary/aromatic N) is 2. The fraction of sp³-hybridized carbons (Fsp3) is 0.458. The van der Waals surface area contributed by atoms with Crippen molar-refractivity contribution < 1.29 is 9.90 Å². The maximum Gasteiger partial charge on any atom is 0.318 e. The van der Waals surface area contributed by atoms with Crippen LogP contribution >= 0.6 is 0 Å². The second-order valence-electron chi connectivity index (χ2n) is 7.00. The predicted octanol–water partition coefficient (Wildman–Crippen LogP) is 5.16. The molecule has 0 aliphatic heterocycles. The molecule has 0 unspecified atom stereocenters. The van der Waals surface area contributed by atoms with Gasteiger partial charge in [-0.25, -0.2) is 0 Å². The van der Waals surface area contributed by atoms with Crippen LogP contribution in [0.25, 0.3) is 0 Å². The third kappa shape index (κ3) is 4.01. The molecule has 0 bridgehead atoms. The molecule has 2 rings (SSSR count). The number of carboxylic acid groups (broad SMARTS) is 1. The van der Waals surface area contributed by atoms with Crippen LogP contribution in [0, 0.1) is 0 Å². The summed E-state index contributed by atoms with van der Waals surface area (Å²) in [6.07, 6.45) is 0.498. The van der Waals surface area contributed by atoms with Crippen molar-refractivity contribution >= 4 is 17.3 Å². The summed E-state index contributed by atoms with van der Waals surface area (Å²) in [6, 6.07) is 16.1. The summed E-state index contributed by atoms with van der Waals surface area (Å²) >= 11 is 0. The molecular weight excluding hydrogens is 348 g/mol. The van der Waals surface area contributed by atoms with Crippen LogP contribution in [0.2, 0.25) is 0 Å². The highest BCUT2D eigenvalue weighted by Gasteiger charge is 2.40. The number of carboxylic acids is 1. The topological polar surface area (TPSA) is 43.8 Å². The van der Waals surface area contributed by atoms with Crippen LogP contribution in [-0.2, 0) is 10.2 Å². The Morgan fingerprint density at radius 3 is 1.25 bits per heavy atom. The summed E-state index contributed by atoms with van der Waals surface area (Å²) in [5.74, 6) is -0.804. The third-order valence-corrected chi connectivity index (χ3v) is 5.87. The van der Waals surface area contributed by atoms with Gasteiger partial charge >= 0.3 is 5.97 Å². The van der Waals surface area contributed by atoms with Crippen molar-refractivity contribution in [3.8, 4) is 0 Å². The van der Waals surface area contributed by atoms with Gasteiger partial charge in [-0.3, -0.25) is 4.79 Å². The molecule has 0 radical (unpaired) electrons. The van der Waals surface area contributed by atoms with Gasteiger partial charge in [-0.1, -0.05) is 31.2 Å². The van der Waals surface area contributed by atoms with E-state index in [0.29, 0.717) is 6.42 Å². The Bertz CT molecular complexity index is 690. The minimum absolute atomic E-state index is 0.498. The molecule has 0 aromatic heterocycles. The lowest BCUT2D eigenvalue weighted by Gasteiger charge is -2.31. The molecule has 2 aromatic rings. The quantitative estimate of drug-likeness (QED) is 0.616. The van der Waals surface area contributed by atoms with E-state index in [4.69, 9.17) is 0 Å². The van der Waals surface area contributed by atoms with Gasteiger partial charge in [0.2, 0.25) is 0 Å². The van der Waals surface area contributed by atoms with Gasteiger partial charge in [-0.05, 0) is 69.5 Å². The molecule has 0 aliphatic rings. The van der Waals surface area contributed by atoms with Crippen molar-refractivity contribution in [3.05, 3.63) is 59.7 Å². The van der Waals surface area contributed by atoms with Crippen LogP contribution in [0.5, 0.6) is 0 Å². The van der Waals surface area contributed by atoms with Gasteiger partial charge in [0, 0.05) is 37.6 Å². The lowest BCUT2D eigenvalue weighted by Crippen LogP contribution is -2.36. The Morgan fingerprint density at radius 2 is 1.04 bits per heavy atom. The zero-order valence-electron chi connectivity index (χ0n) is 17.9. The summed E-state index contributed by atoms with van der Waals surface area (Å²) in [6.45, 7) is 14.2. The molecule has 4 nitrogen and oxygen atoms in total. The Morgan fingerprint density at radius 1 is 0.714 bits per heavy atom. The molecule has 0 fully saturated rings. The maximum absolute atomic E-state index is 12.5. The number of hydrogen-bond acceptors (Lipinski definition) is 3. The molecule has 0 aliphatic carbocycles. The smallest absolute Gasteiger partial charge is 0.318 e. The van der Waals surface area contributed by atoms with Gasteiger partial charge in [0.25, 0.3) is 0 Å². The molecule has 0 amide bonds. The molecule has 0 atom stereocenters. The second-order valence-corrected chi connectivity index (χ2v) is 7.00. The van der Waals surface area contributed by atoms with Crippen LogP contribution in [0.4, 0.5) is 11.4 Å². The van der Waals surface area contributed by atoms with E-state index in [1.807, 2.05) is 55.5 Å². The minimum atomic E-state index is -1.04. The second kappa shape index (κ2) is 9.63. The first-order valence-corrected chi connectivity index (χ1v) is 10.4. The monoisotopic (exact) mass is 382 g/mol. The number of benzene rings is 2. The van der Waals surface area contributed by atoms with Gasteiger partial charge in [-0.2, -0.15) is 0 Å². The standard InChI is InChI=1S/C24H34N2O2/c1-6-24(23(27)28,19-11-15-21(16-12-19)25(7-2)8-3)20-13-17-22(18-14-20)26(9-4)10-5/h11-18H,6-10H2,1-5H3,(H,27,28). The summed E-state index contributed by atoms with van der Waals surface area (Å²) in [7, 11) is 0. The lowest BCUT2D eigenvalue weighted by atomic mass is 9.72. The normalized spacial score (nSPS) is 11.3. The van der Waals surface area contributed by atoms with E-state index in [2.05, 4.69) is 37.5 Å². The minimum Gasteiger partial charge on any atom is -0.480 e. The molecular formula is C24H34N2O2. The Kier molecular flexibility index (Phi) is 7.50. The van der Waals surface area contributed by atoms with E-state index >= 15 is 0 Å². The third-order valence-electron chi connectivity index (χ3n) is 5.87. The molecule has 28 heavy (non-hydrogen) atoms. The maximum atomic E-state index is 12.5. The van der Waals surface area contributed by atoms with Crippen LogP contribution in [0.15, 0.2) is 48.5 Å². The van der Waals surface area contributed by atoms with Crippen molar-refractivity contribution in [3.63, 3.8) is 0 Å². The first-order valence-electron chi connectivity index (χ1n) is 10.4. The van der Waals surface area contributed by atoms with Crippen molar-refractivity contribution in [1.29, 1.82) is 0 Å².